The molecule has 20 heavy (non-hydrogen) atoms. The van der Waals surface area contributed by atoms with Crippen molar-refractivity contribution in [2.45, 2.75) is 0 Å². The number of piperazine rings is 1. The minimum absolute atomic E-state index is 0.111. The lowest BCUT2D eigenvalue weighted by Gasteiger charge is -2.33. The Morgan fingerprint density at radius 1 is 1.15 bits per heavy atom. The summed E-state index contributed by atoms with van der Waals surface area (Å²) in [4.78, 5) is 14.8. The number of ether oxygens (including phenoxy) is 1. The number of halogens is 1. The molecule has 0 spiro atoms. The van der Waals surface area contributed by atoms with Crippen LogP contribution in [0, 0.1) is 5.82 Å². The highest BCUT2D eigenvalue weighted by molar-refractivity contribution is 5.69. The molecule has 1 N–H and O–H groups in total. The van der Waals surface area contributed by atoms with Gasteiger partial charge in [0, 0.05) is 32.7 Å². The fourth-order valence-corrected chi connectivity index (χ4v) is 2.19. The zero-order chi connectivity index (χ0) is 14.4. The molecule has 1 aromatic rings. The van der Waals surface area contributed by atoms with Gasteiger partial charge in [0.1, 0.15) is 18.2 Å². The minimum Gasteiger partial charge on any atom is -0.492 e. The Kier molecular flexibility index (Phi) is 5.31. The molecule has 1 fully saturated rings. The first kappa shape index (κ1) is 14.7. The van der Waals surface area contributed by atoms with E-state index >= 15 is 0 Å². The third kappa shape index (κ3) is 4.79. The average molecular weight is 282 g/mol. The molecule has 6 heteroatoms. The zero-order valence-corrected chi connectivity index (χ0v) is 11.3. The molecule has 1 aromatic carbocycles. The number of aliphatic carboxylic acids is 1. The summed E-state index contributed by atoms with van der Waals surface area (Å²) >= 11 is 0. The summed E-state index contributed by atoms with van der Waals surface area (Å²) in [6, 6.07) is 5.97. The number of carbonyl (C=O) groups is 1. The van der Waals surface area contributed by atoms with Gasteiger partial charge in [-0.2, -0.15) is 0 Å². The van der Waals surface area contributed by atoms with Crippen molar-refractivity contribution in [3.63, 3.8) is 0 Å². The van der Waals surface area contributed by atoms with Gasteiger partial charge in [0.15, 0.2) is 0 Å². The van der Waals surface area contributed by atoms with Crippen LogP contribution >= 0.6 is 0 Å². The van der Waals surface area contributed by atoms with Crippen LogP contribution in [-0.2, 0) is 4.79 Å². The van der Waals surface area contributed by atoms with E-state index in [2.05, 4.69) is 4.90 Å². The monoisotopic (exact) mass is 282 g/mol. The first-order valence-electron chi connectivity index (χ1n) is 6.68. The van der Waals surface area contributed by atoms with Gasteiger partial charge < -0.3 is 9.84 Å². The SMILES string of the molecule is O=C(O)CN1CCN(CCOc2ccc(F)cc2)CC1. The van der Waals surface area contributed by atoms with E-state index in [4.69, 9.17) is 9.84 Å². The molecule has 1 aliphatic heterocycles. The number of hydrogen-bond donors (Lipinski definition) is 1. The number of nitrogens with zero attached hydrogens (tertiary/aromatic N) is 2. The van der Waals surface area contributed by atoms with Crippen LogP contribution in [0.5, 0.6) is 5.75 Å². The van der Waals surface area contributed by atoms with Gasteiger partial charge in [-0.25, -0.2) is 4.39 Å². The average Bonchev–Trinajstić information content (AvgIpc) is 2.42. The van der Waals surface area contributed by atoms with Crippen LogP contribution < -0.4 is 4.74 Å². The lowest BCUT2D eigenvalue weighted by atomic mass is 10.3. The Morgan fingerprint density at radius 3 is 2.35 bits per heavy atom. The Labute approximate surface area is 117 Å². The second-order valence-corrected chi connectivity index (χ2v) is 4.81. The van der Waals surface area contributed by atoms with Crippen molar-refractivity contribution in [1.82, 2.24) is 9.80 Å². The second-order valence-electron chi connectivity index (χ2n) is 4.81. The maximum Gasteiger partial charge on any atom is 0.317 e. The Bertz CT molecular complexity index is 431. The molecule has 0 saturated carbocycles. The van der Waals surface area contributed by atoms with Crippen LogP contribution in [0.3, 0.4) is 0 Å². The Morgan fingerprint density at radius 2 is 1.75 bits per heavy atom. The molecule has 0 aliphatic carbocycles. The van der Waals surface area contributed by atoms with E-state index in [9.17, 15) is 9.18 Å². The van der Waals surface area contributed by atoms with Crippen molar-refractivity contribution < 1.29 is 19.0 Å². The standard InChI is InChI=1S/C14H19FN2O3/c15-12-1-3-13(4-2-12)20-10-9-16-5-7-17(8-6-16)11-14(18)19/h1-4H,5-11H2,(H,18,19). The van der Waals surface area contributed by atoms with E-state index in [1.165, 1.54) is 12.1 Å². The van der Waals surface area contributed by atoms with Gasteiger partial charge in [-0.15, -0.1) is 0 Å². The van der Waals surface area contributed by atoms with Gasteiger partial charge in [-0.3, -0.25) is 14.6 Å². The number of hydrogen-bond acceptors (Lipinski definition) is 4. The lowest BCUT2D eigenvalue weighted by Crippen LogP contribution is -2.48. The molecule has 0 amide bonds. The quantitative estimate of drug-likeness (QED) is 0.840. The van der Waals surface area contributed by atoms with Gasteiger partial charge in [0.2, 0.25) is 0 Å². The molecule has 0 radical (unpaired) electrons. The number of carboxylic acids is 1. The second kappa shape index (κ2) is 7.21. The highest BCUT2D eigenvalue weighted by Crippen LogP contribution is 2.11. The summed E-state index contributed by atoms with van der Waals surface area (Å²) in [5.74, 6) is -0.388. The number of rotatable bonds is 6. The third-order valence-corrected chi connectivity index (χ3v) is 3.31. The van der Waals surface area contributed by atoms with Crippen LogP contribution in [0.1, 0.15) is 0 Å². The van der Waals surface area contributed by atoms with Crippen molar-refractivity contribution in [2.75, 3.05) is 45.9 Å². The summed E-state index contributed by atoms with van der Waals surface area (Å²) in [5, 5.41) is 8.72. The zero-order valence-electron chi connectivity index (χ0n) is 11.3. The molecule has 0 bridgehead atoms. The summed E-state index contributed by atoms with van der Waals surface area (Å²) in [6.07, 6.45) is 0. The predicted molar refractivity (Wildman–Crippen MR) is 72.4 cm³/mol. The van der Waals surface area contributed by atoms with E-state index in [0.717, 1.165) is 32.7 Å². The first-order chi connectivity index (χ1) is 9.63. The molecule has 2 rings (SSSR count). The molecule has 1 heterocycles. The fraction of sp³-hybridized carbons (Fsp3) is 0.500. The fourth-order valence-electron chi connectivity index (χ4n) is 2.19. The molecular formula is C14H19FN2O3. The molecule has 0 atom stereocenters. The van der Waals surface area contributed by atoms with E-state index in [1.54, 1.807) is 12.1 Å². The Balaban J connectivity index is 1.63. The number of benzene rings is 1. The van der Waals surface area contributed by atoms with Crippen LogP contribution in [0.4, 0.5) is 4.39 Å². The molecule has 0 aromatic heterocycles. The molecular weight excluding hydrogens is 263 g/mol. The van der Waals surface area contributed by atoms with Crippen LogP contribution in [0.25, 0.3) is 0 Å². The molecule has 5 nitrogen and oxygen atoms in total. The molecule has 1 aliphatic rings. The van der Waals surface area contributed by atoms with Crippen molar-refractivity contribution >= 4 is 5.97 Å². The van der Waals surface area contributed by atoms with Crippen LogP contribution in [-0.4, -0.2) is 66.8 Å². The first-order valence-corrected chi connectivity index (χ1v) is 6.68. The van der Waals surface area contributed by atoms with Crippen molar-refractivity contribution in [3.8, 4) is 5.75 Å². The number of carboxylic acid groups (broad SMARTS) is 1. The maximum atomic E-state index is 12.7. The van der Waals surface area contributed by atoms with Gasteiger partial charge >= 0.3 is 5.97 Å². The predicted octanol–water partition coefficient (Wildman–Crippen LogP) is 0.907. The van der Waals surface area contributed by atoms with Crippen LogP contribution in [0.15, 0.2) is 24.3 Å². The van der Waals surface area contributed by atoms with E-state index in [-0.39, 0.29) is 12.4 Å². The topological polar surface area (TPSA) is 53.0 Å². The van der Waals surface area contributed by atoms with Crippen LogP contribution in [0.2, 0.25) is 0 Å². The minimum atomic E-state index is -0.780. The normalized spacial score (nSPS) is 17.1. The van der Waals surface area contributed by atoms with E-state index < -0.39 is 5.97 Å². The largest absolute Gasteiger partial charge is 0.492 e. The highest BCUT2D eigenvalue weighted by Gasteiger charge is 2.18. The van der Waals surface area contributed by atoms with Gasteiger partial charge in [0.25, 0.3) is 0 Å². The summed E-state index contributed by atoms with van der Waals surface area (Å²) in [6.45, 7) is 4.68. The molecule has 0 unspecified atom stereocenters. The smallest absolute Gasteiger partial charge is 0.317 e. The van der Waals surface area contributed by atoms with Gasteiger partial charge in [-0.05, 0) is 24.3 Å². The molecule has 1 saturated heterocycles. The van der Waals surface area contributed by atoms with Crippen molar-refractivity contribution in [2.24, 2.45) is 0 Å². The van der Waals surface area contributed by atoms with Gasteiger partial charge in [0.05, 0.1) is 6.54 Å². The maximum absolute atomic E-state index is 12.7. The molecule has 110 valence electrons. The highest BCUT2D eigenvalue weighted by atomic mass is 19.1. The van der Waals surface area contributed by atoms with E-state index in [1.807, 2.05) is 4.90 Å². The third-order valence-electron chi connectivity index (χ3n) is 3.31. The summed E-state index contributed by atoms with van der Waals surface area (Å²) in [7, 11) is 0. The lowest BCUT2D eigenvalue weighted by molar-refractivity contribution is -0.138. The van der Waals surface area contributed by atoms with Gasteiger partial charge in [-0.1, -0.05) is 0 Å². The van der Waals surface area contributed by atoms with Crippen molar-refractivity contribution in [1.29, 1.82) is 0 Å². The van der Waals surface area contributed by atoms with E-state index in [0.29, 0.717) is 12.4 Å². The summed E-state index contributed by atoms with van der Waals surface area (Å²) < 4.78 is 18.3. The summed E-state index contributed by atoms with van der Waals surface area (Å²) in [5.41, 5.74) is 0. The van der Waals surface area contributed by atoms with Crippen molar-refractivity contribution in [3.05, 3.63) is 30.1 Å². The Hall–Kier alpha value is -1.66.